The summed E-state index contributed by atoms with van der Waals surface area (Å²) in [5.74, 6) is 2.06. The van der Waals surface area contributed by atoms with Crippen LogP contribution in [0.25, 0.3) is 4.96 Å². The molecule has 1 aromatic carbocycles. The number of nitrogens with zero attached hydrogens (tertiary/aromatic N) is 2. The monoisotopic (exact) mass is 367 g/mol. The Kier molecular flexibility index (Phi) is 4.14. The molecule has 110 valence electrons. The lowest BCUT2D eigenvalue weighted by Crippen LogP contribution is -2.05. The van der Waals surface area contributed by atoms with E-state index in [9.17, 15) is 0 Å². The Morgan fingerprint density at radius 2 is 2.29 bits per heavy atom. The van der Waals surface area contributed by atoms with E-state index < -0.39 is 0 Å². The quantitative estimate of drug-likeness (QED) is 0.749. The standard InChI is InChI=1S/C14H14BrN3O2S/c1-19-9-2-3-12(10(15)8-9)20-13-11(4-5-16)18-6-7-21-14(18)17-13/h2-3,6-8H,4-5,16H2,1H3. The molecule has 5 nitrogen and oxygen atoms in total. The molecule has 0 aliphatic carbocycles. The number of hydrogen-bond donors (Lipinski definition) is 1. The van der Waals surface area contributed by atoms with E-state index in [1.807, 2.05) is 34.2 Å². The van der Waals surface area contributed by atoms with Gasteiger partial charge in [-0.3, -0.25) is 4.40 Å². The number of hydrogen-bond acceptors (Lipinski definition) is 5. The normalized spacial score (nSPS) is 11.0. The zero-order valence-electron chi connectivity index (χ0n) is 11.4. The maximum Gasteiger partial charge on any atom is 0.242 e. The lowest BCUT2D eigenvalue weighted by atomic mass is 10.3. The van der Waals surface area contributed by atoms with E-state index in [2.05, 4.69) is 20.9 Å². The minimum Gasteiger partial charge on any atom is -0.497 e. The lowest BCUT2D eigenvalue weighted by molar-refractivity contribution is 0.411. The van der Waals surface area contributed by atoms with Crippen molar-refractivity contribution in [2.24, 2.45) is 5.73 Å². The van der Waals surface area contributed by atoms with Crippen LogP contribution in [0, 0.1) is 0 Å². The zero-order valence-corrected chi connectivity index (χ0v) is 13.8. The first-order valence-electron chi connectivity index (χ1n) is 6.39. The van der Waals surface area contributed by atoms with Crippen LogP contribution in [0.2, 0.25) is 0 Å². The molecule has 2 heterocycles. The van der Waals surface area contributed by atoms with E-state index in [1.165, 1.54) is 0 Å². The Balaban J connectivity index is 1.97. The molecule has 0 unspecified atom stereocenters. The third kappa shape index (κ3) is 2.76. The molecular weight excluding hydrogens is 354 g/mol. The molecule has 21 heavy (non-hydrogen) atoms. The highest BCUT2D eigenvalue weighted by atomic mass is 79.9. The van der Waals surface area contributed by atoms with Crippen LogP contribution in [0.1, 0.15) is 5.69 Å². The summed E-state index contributed by atoms with van der Waals surface area (Å²) in [6.45, 7) is 0.545. The van der Waals surface area contributed by atoms with Gasteiger partial charge in [0, 0.05) is 18.0 Å². The number of nitrogens with two attached hydrogens (primary N) is 1. The smallest absolute Gasteiger partial charge is 0.242 e. The third-order valence-corrected chi connectivity index (χ3v) is 4.43. The topological polar surface area (TPSA) is 61.8 Å². The van der Waals surface area contributed by atoms with Gasteiger partial charge in [-0.15, -0.1) is 11.3 Å². The number of benzene rings is 1. The Morgan fingerprint density at radius 3 is 3.00 bits per heavy atom. The first-order valence-corrected chi connectivity index (χ1v) is 8.06. The summed E-state index contributed by atoms with van der Waals surface area (Å²) < 4.78 is 14.0. The van der Waals surface area contributed by atoms with Gasteiger partial charge >= 0.3 is 0 Å². The first-order chi connectivity index (χ1) is 10.2. The molecule has 7 heteroatoms. The number of fused-ring (bicyclic) bond motifs is 1. The third-order valence-electron chi connectivity index (χ3n) is 3.05. The van der Waals surface area contributed by atoms with Gasteiger partial charge in [0.1, 0.15) is 11.5 Å². The van der Waals surface area contributed by atoms with Gasteiger partial charge in [-0.05, 0) is 40.7 Å². The first kappa shape index (κ1) is 14.4. The summed E-state index contributed by atoms with van der Waals surface area (Å²) in [7, 11) is 1.63. The van der Waals surface area contributed by atoms with Crippen LogP contribution < -0.4 is 15.2 Å². The Hall–Kier alpha value is -1.57. The van der Waals surface area contributed by atoms with Gasteiger partial charge in [-0.2, -0.15) is 4.98 Å². The molecule has 0 amide bonds. The highest BCUT2D eigenvalue weighted by molar-refractivity contribution is 9.10. The Labute approximate surface area is 134 Å². The van der Waals surface area contributed by atoms with Crippen molar-refractivity contribution in [2.75, 3.05) is 13.7 Å². The molecule has 0 spiro atoms. The molecule has 0 saturated heterocycles. The molecular formula is C14H14BrN3O2S. The molecule has 3 aromatic rings. The highest BCUT2D eigenvalue weighted by Crippen LogP contribution is 2.34. The maximum absolute atomic E-state index is 5.95. The van der Waals surface area contributed by atoms with Crippen molar-refractivity contribution >= 4 is 32.2 Å². The van der Waals surface area contributed by atoms with Crippen LogP contribution in [0.15, 0.2) is 34.2 Å². The molecule has 0 fully saturated rings. The van der Waals surface area contributed by atoms with Crippen LogP contribution in [-0.4, -0.2) is 23.0 Å². The minimum absolute atomic E-state index is 0.545. The maximum atomic E-state index is 5.95. The number of aromatic nitrogens is 2. The second-order valence-electron chi connectivity index (χ2n) is 4.36. The fraction of sp³-hybridized carbons (Fsp3) is 0.214. The van der Waals surface area contributed by atoms with Crippen molar-refractivity contribution < 1.29 is 9.47 Å². The zero-order chi connectivity index (χ0) is 14.8. The molecule has 3 rings (SSSR count). The average molecular weight is 368 g/mol. The van der Waals surface area contributed by atoms with E-state index in [-0.39, 0.29) is 0 Å². The second-order valence-corrected chi connectivity index (χ2v) is 6.08. The summed E-state index contributed by atoms with van der Waals surface area (Å²) in [6.07, 6.45) is 2.69. The summed E-state index contributed by atoms with van der Waals surface area (Å²) in [5, 5.41) is 2.00. The van der Waals surface area contributed by atoms with Gasteiger partial charge in [0.15, 0.2) is 4.96 Å². The minimum atomic E-state index is 0.545. The summed E-state index contributed by atoms with van der Waals surface area (Å²) >= 11 is 5.05. The van der Waals surface area contributed by atoms with E-state index in [1.54, 1.807) is 18.4 Å². The number of halogens is 1. The van der Waals surface area contributed by atoms with Gasteiger partial charge in [-0.25, -0.2) is 0 Å². The summed E-state index contributed by atoms with van der Waals surface area (Å²) in [4.78, 5) is 5.42. The number of ether oxygens (including phenoxy) is 2. The van der Waals surface area contributed by atoms with Gasteiger partial charge in [0.2, 0.25) is 5.88 Å². The predicted octanol–water partition coefficient (Wildman–Crippen LogP) is 3.46. The number of rotatable bonds is 5. The largest absolute Gasteiger partial charge is 0.497 e. The molecule has 0 saturated carbocycles. The van der Waals surface area contributed by atoms with Crippen molar-refractivity contribution in [3.05, 3.63) is 39.9 Å². The number of imidazole rings is 1. The van der Waals surface area contributed by atoms with Crippen molar-refractivity contribution in [3.8, 4) is 17.4 Å². The van der Waals surface area contributed by atoms with Crippen LogP contribution in [0.3, 0.4) is 0 Å². The van der Waals surface area contributed by atoms with E-state index >= 15 is 0 Å². The highest BCUT2D eigenvalue weighted by Gasteiger charge is 2.16. The van der Waals surface area contributed by atoms with Gasteiger partial charge in [-0.1, -0.05) is 0 Å². The number of thiazole rings is 1. The van der Waals surface area contributed by atoms with E-state index in [0.29, 0.717) is 24.6 Å². The van der Waals surface area contributed by atoms with Crippen molar-refractivity contribution in [2.45, 2.75) is 6.42 Å². The molecule has 0 radical (unpaired) electrons. The van der Waals surface area contributed by atoms with Crippen molar-refractivity contribution in [1.82, 2.24) is 9.38 Å². The van der Waals surface area contributed by atoms with Crippen LogP contribution in [0.5, 0.6) is 17.4 Å². The van der Waals surface area contributed by atoms with Crippen LogP contribution >= 0.6 is 27.3 Å². The van der Waals surface area contributed by atoms with E-state index in [0.717, 1.165) is 20.9 Å². The Morgan fingerprint density at radius 1 is 1.43 bits per heavy atom. The van der Waals surface area contributed by atoms with Crippen LogP contribution in [-0.2, 0) is 6.42 Å². The predicted molar refractivity (Wildman–Crippen MR) is 86.6 cm³/mol. The summed E-state index contributed by atoms with van der Waals surface area (Å²) in [5.41, 5.74) is 6.67. The van der Waals surface area contributed by atoms with Crippen molar-refractivity contribution in [3.63, 3.8) is 0 Å². The average Bonchev–Trinajstić information content (AvgIpc) is 3.04. The SMILES string of the molecule is COc1ccc(Oc2nc3sccn3c2CCN)c(Br)c1. The molecule has 2 N–H and O–H groups in total. The van der Waals surface area contributed by atoms with E-state index in [4.69, 9.17) is 15.2 Å². The fourth-order valence-corrected chi connectivity index (χ4v) is 3.22. The van der Waals surface area contributed by atoms with Crippen molar-refractivity contribution in [1.29, 1.82) is 0 Å². The second kappa shape index (κ2) is 6.05. The van der Waals surface area contributed by atoms with Gasteiger partial charge in [0.05, 0.1) is 17.3 Å². The Bertz CT molecular complexity index is 769. The molecule has 2 aromatic heterocycles. The summed E-state index contributed by atoms with van der Waals surface area (Å²) in [6, 6.07) is 5.56. The van der Waals surface area contributed by atoms with Gasteiger partial charge < -0.3 is 15.2 Å². The molecule has 0 aliphatic rings. The molecule has 0 aliphatic heterocycles. The van der Waals surface area contributed by atoms with Crippen LogP contribution in [0.4, 0.5) is 0 Å². The number of methoxy groups -OCH3 is 1. The molecule has 0 bridgehead atoms. The molecule has 0 atom stereocenters. The fourth-order valence-electron chi connectivity index (χ4n) is 2.05. The lowest BCUT2D eigenvalue weighted by Gasteiger charge is -2.08. The van der Waals surface area contributed by atoms with Gasteiger partial charge in [0.25, 0.3) is 0 Å².